The minimum atomic E-state index is 0. The largest absolute Gasteiger partial charge is 0.381 e. The van der Waals surface area contributed by atoms with Gasteiger partial charge in [-0.2, -0.15) is 0 Å². The fourth-order valence-electron chi connectivity index (χ4n) is 6.91. The SMILES string of the molecule is CCOC[C@@H]1CCCN(C[C@H]2CCCC[C@@H]2NC)C1.CCOC[C@@H]1CCCNC1.CN[C@H]1CCCC[C@@H]1C=O.Cl. The molecule has 0 radical (unpaired) electrons. The van der Waals surface area contributed by atoms with Crippen LogP contribution < -0.4 is 16.0 Å². The number of hydrogen-bond donors (Lipinski definition) is 3. The average molecular weight is 589 g/mol. The molecule has 2 aliphatic heterocycles. The van der Waals surface area contributed by atoms with Gasteiger partial charge in [0.25, 0.3) is 0 Å². The first-order valence-electron chi connectivity index (χ1n) is 16.5. The van der Waals surface area contributed by atoms with Crippen molar-refractivity contribution in [3.8, 4) is 0 Å². The van der Waals surface area contributed by atoms with Crippen molar-refractivity contribution in [2.45, 2.75) is 103 Å². The Bertz CT molecular complexity index is 597. The first kappa shape index (κ1) is 37.7. The number of nitrogens with one attached hydrogen (secondary N) is 3. The minimum absolute atomic E-state index is 0. The lowest BCUT2D eigenvalue weighted by atomic mass is 9.83. The first-order valence-corrected chi connectivity index (χ1v) is 16.5. The van der Waals surface area contributed by atoms with Crippen molar-refractivity contribution in [3.63, 3.8) is 0 Å². The molecule has 2 aliphatic carbocycles. The van der Waals surface area contributed by atoms with E-state index in [1.165, 1.54) is 96.8 Å². The first-order chi connectivity index (χ1) is 19.1. The molecule has 2 heterocycles. The van der Waals surface area contributed by atoms with Gasteiger partial charge in [0.1, 0.15) is 6.29 Å². The van der Waals surface area contributed by atoms with E-state index < -0.39 is 0 Å². The molecule has 8 heteroatoms. The van der Waals surface area contributed by atoms with Crippen molar-refractivity contribution in [3.05, 3.63) is 0 Å². The van der Waals surface area contributed by atoms with Crippen LogP contribution in [0.2, 0.25) is 0 Å². The summed E-state index contributed by atoms with van der Waals surface area (Å²) >= 11 is 0. The zero-order chi connectivity index (χ0) is 28.1. The van der Waals surface area contributed by atoms with Crippen LogP contribution in [0.25, 0.3) is 0 Å². The van der Waals surface area contributed by atoms with Gasteiger partial charge in [-0.05, 0) is 110 Å². The minimum Gasteiger partial charge on any atom is -0.381 e. The maximum Gasteiger partial charge on any atom is 0.124 e. The number of piperidine rings is 2. The molecule has 4 rings (SSSR count). The van der Waals surface area contributed by atoms with Crippen LogP contribution in [0.3, 0.4) is 0 Å². The van der Waals surface area contributed by atoms with Crippen LogP contribution >= 0.6 is 12.4 Å². The Hall–Kier alpha value is -0.280. The number of aldehydes is 1. The van der Waals surface area contributed by atoms with Gasteiger partial charge in [-0.15, -0.1) is 12.4 Å². The molecule has 238 valence electrons. The summed E-state index contributed by atoms with van der Waals surface area (Å²) in [4.78, 5) is 13.2. The van der Waals surface area contributed by atoms with Crippen molar-refractivity contribution < 1.29 is 14.3 Å². The van der Waals surface area contributed by atoms with E-state index in [9.17, 15) is 4.79 Å². The smallest absolute Gasteiger partial charge is 0.124 e. The molecule has 6 atom stereocenters. The zero-order valence-corrected chi connectivity index (χ0v) is 27.3. The third-order valence-electron chi connectivity index (χ3n) is 9.25. The Morgan fingerprint density at radius 1 is 0.800 bits per heavy atom. The van der Waals surface area contributed by atoms with Gasteiger partial charge in [0.15, 0.2) is 0 Å². The number of carbonyl (C=O) groups excluding carboxylic acids is 1. The molecular formula is C32H65ClN4O3. The fourth-order valence-corrected chi connectivity index (χ4v) is 6.91. The second kappa shape index (κ2) is 24.2. The summed E-state index contributed by atoms with van der Waals surface area (Å²) in [6, 6.07) is 1.20. The van der Waals surface area contributed by atoms with E-state index in [1.54, 1.807) is 0 Å². The Morgan fingerprint density at radius 2 is 1.43 bits per heavy atom. The highest BCUT2D eigenvalue weighted by Gasteiger charge is 2.28. The molecule has 40 heavy (non-hydrogen) atoms. The van der Waals surface area contributed by atoms with Crippen molar-refractivity contribution in [2.24, 2.45) is 23.7 Å². The van der Waals surface area contributed by atoms with E-state index >= 15 is 0 Å². The summed E-state index contributed by atoms with van der Waals surface area (Å²) in [5, 5.41) is 10.1. The molecule has 7 nitrogen and oxygen atoms in total. The van der Waals surface area contributed by atoms with Crippen molar-refractivity contribution in [1.82, 2.24) is 20.9 Å². The molecular weight excluding hydrogens is 524 g/mol. The van der Waals surface area contributed by atoms with Gasteiger partial charge in [0.2, 0.25) is 0 Å². The molecule has 4 aliphatic rings. The van der Waals surface area contributed by atoms with Crippen LogP contribution in [0.15, 0.2) is 0 Å². The van der Waals surface area contributed by atoms with Gasteiger partial charge in [0, 0.05) is 50.8 Å². The monoisotopic (exact) mass is 588 g/mol. The molecule has 2 saturated heterocycles. The summed E-state index contributed by atoms with van der Waals surface area (Å²) < 4.78 is 10.9. The molecule has 3 N–H and O–H groups in total. The van der Waals surface area contributed by atoms with E-state index in [1.807, 2.05) is 7.05 Å². The zero-order valence-electron chi connectivity index (χ0n) is 26.5. The standard InChI is InChI=1S/C16H32N2O.C8H15NO.C8H17NO.ClH/c1-3-19-13-14-7-6-10-18(11-14)12-15-8-4-5-9-16(15)17-2;1-9-8-5-3-2-4-7(8)6-10;1-2-10-7-8-4-3-5-9-6-8;/h14-17H,3-13H2,1-2H3;6-9H,2-5H2,1H3;8-9H,2-7H2,1H3;1H/t14-,15-,16+;7-,8+;8-;/m111./s1. The van der Waals surface area contributed by atoms with E-state index in [4.69, 9.17) is 9.47 Å². The van der Waals surface area contributed by atoms with Crippen molar-refractivity contribution >= 4 is 18.7 Å². The highest BCUT2D eigenvalue weighted by Crippen LogP contribution is 2.27. The molecule has 0 spiro atoms. The lowest BCUT2D eigenvalue weighted by Crippen LogP contribution is -2.46. The Balaban J connectivity index is 0.000000324. The molecule has 4 fully saturated rings. The van der Waals surface area contributed by atoms with Gasteiger partial charge in [-0.25, -0.2) is 0 Å². The molecule has 0 aromatic carbocycles. The Labute approximate surface area is 253 Å². The topological polar surface area (TPSA) is 74.9 Å². The quantitative estimate of drug-likeness (QED) is 0.296. The summed E-state index contributed by atoms with van der Waals surface area (Å²) in [6.07, 6.45) is 16.8. The summed E-state index contributed by atoms with van der Waals surface area (Å²) in [6.45, 7) is 14.0. The van der Waals surface area contributed by atoms with E-state index in [0.717, 1.165) is 69.5 Å². The highest BCUT2D eigenvalue weighted by molar-refractivity contribution is 5.85. The van der Waals surface area contributed by atoms with Gasteiger partial charge >= 0.3 is 0 Å². The summed E-state index contributed by atoms with van der Waals surface area (Å²) in [5.41, 5.74) is 0. The Morgan fingerprint density at radius 3 is 2.02 bits per heavy atom. The summed E-state index contributed by atoms with van der Waals surface area (Å²) in [7, 11) is 4.07. The van der Waals surface area contributed by atoms with Crippen LogP contribution in [0.4, 0.5) is 0 Å². The number of carbonyl (C=O) groups is 1. The number of rotatable bonds is 11. The van der Waals surface area contributed by atoms with Crippen LogP contribution in [0, 0.1) is 23.7 Å². The van der Waals surface area contributed by atoms with Gasteiger partial charge < -0.3 is 35.1 Å². The predicted molar refractivity (Wildman–Crippen MR) is 171 cm³/mol. The van der Waals surface area contributed by atoms with E-state index in [-0.39, 0.29) is 18.3 Å². The molecule has 0 aromatic rings. The third-order valence-corrected chi connectivity index (χ3v) is 9.25. The maximum absolute atomic E-state index is 10.5. The fraction of sp³-hybridized carbons (Fsp3) is 0.969. The molecule has 0 bridgehead atoms. The maximum atomic E-state index is 10.5. The number of nitrogens with zero attached hydrogens (tertiary/aromatic N) is 1. The number of halogens is 1. The van der Waals surface area contributed by atoms with E-state index in [0.29, 0.717) is 6.04 Å². The Kier molecular flexibility index (Phi) is 22.8. The third kappa shape index (κ3) is 15.3. The molecule has 2 saturated carbocycles. The summed E-state index contributed by atoms with van der Waals surface area (Å²) in [5.74, 6) is 2.68. The molecule has 0 unspecified atom stereocenters. The van der Waals surface area contributed by atoms with E-state index in [2.05, 4.69) is 41.7 Å². The highest BCUT2D eigenvalue weighted by atomic mass is 35.5. The second-order valence-electron chi connectivity index (χ2n) is 12.2. The van der Waals surface area contributed by atoms with Gasteiger partial charge in [-0.3, -0.25) is 0 Å². The second-order valence-corrected chi connectivity index (χ2v) is 12.2. The average Bonchev–Trinajstić information content (AvgIpc) is 3.00. The molecule has 0 aromatic heterocycles. The van der Waals surface area contributed by atoms with Crippen molar-refractivity contribution in [1.29, 1.82) is 0 Å². The number of ether oxygens (including phenoxy) is 2. The number of hydrogen-bond acceptors (Lipinski definition) is 7. The number of likely N-dealkylation sites (tertiary alicyclic amines) is 1. The molecule has 0 amide bonds. The lowest BCUT2D eigenvalue weighted by molar-refractivity contribution is -0.112. The van der Waals surface area contributed by atoms with Crippen LogP contribution in [-0.2, 0) is 14.3 Å². The normalized spacial score (nSPS) is 31.0. The predicted octanol–water partition coefficient (Wildman–Crippen LogP) is 4.92. The van der Waals surface area contributed by atoms with Gasteiger partial charge in [-0.1, -0.05) is 25.7 Å². The van der Waals surface area contributed by atoms with Gasteiger partial charge in [0.05, 0.1) is 13.2 Å². The van der Waals surface area contributed by atoms with Crippen LogP contribution in [0.1, 0.15) is 90.9 Å². The van der Waals surface area contributed by atoms with Crippen molar-refractivity contribution in [2.75, 3.05) is 73.2 Å². The lowest BCUT2D eigenvalue weighted by Gasteiger charge is -2.39. The van der Waals surface area contributed by atoms with Crippen LogP contribution in [-0.4, -0.2) is 96.5 Å². The van der Waals surface area contributed by atoms with Crippen LogP contribution in [0.5, 0.6) is 0 Å².